The monoisotopic (exact) mass is 502 g/mol. The molecule has 2 nitrogen and oxygen atoms in total. The third-order valence-electron chi connectivity index (χ3n) is 5.55. The van der Waals surface area contributed by atoms with Crippen molar-refractivity contribution in [2.75, 3.05) is 6.61 Å². The van der Waals surface area contributed by atoms with Gasteiger partial charge >= 0.3 is 6.36 Å². The normalized spacial score (nSPS) is 11.5. The molecule has 0 N–H and O–H groups in total. The lowest BCUT2D eigenvalue weighted by Gasteiger charge is -2.12. The lowest BCUT2D eigenvalue weighted by atomic mass is 9.96. The van der Waals surface area contributed by atoms with Gasteiger partial charge < -0.3 is 9.47 Å². The lowest BCUT2D eigenvalue weighted by Crippen LogP contribution is -2.17. The van der Waals surface area contributed by atoms with Gasteiger partial charge in [-0.05, 0) is 53.1 Å². The van der Waals surface area contributed by atoms with E-state index >= 15 is 4.39 Å². The molecule has 0 aliphatic heterocycles. The second-order valence-corrected chi connectivity index (χ2v) is 8.03. The largest absolute Gasteiger partial charge is 0.573 e. The number of alkyl halides is 3. The maximum Gasteiger partial charge on any atom is 0.573 e. The van der Waals surface area contributed by atoms with Crippen LogP contribution in [0.15, 0.2) is 79.4 Å². The van der Waals surface area contributed by atoms with E-state index in [0.29, 0.717) is 29.4 Å². The molecule has 0 unspecified atom stereocenters. The number of benzene rings is 4. The molecule has 0 amide bonds. The molecular formula is C28H20F6O2. The number of hydrogen-bond donors (Lipinski definition) is 0. The number of ether oxygens (including phenoxy) is 2. The highest BCUT2D eigenvalue weighted by Gasteiger charge is 2.30. The predicted molar refractivity (Wildman–Crippen MR) is 125 cm³/mol. The Morgan fingerprint density at radius 2 is 1.47 bits per heavy atom. The van der Waals surface area contributed by atoms with Crippen molar-refractivity contribution in [3.63, 3.8) is 0 Å². The quantitative estimate of drug-likeness (QED) is 0.179. The Bertz CT molecular complexity index is 1370. The molecule has 0 aromatic heterocycles. The van der Waals surface area contributed by atoms with Gasteiger partial charge in [0.2, 0.25) is 0 Å². The molecule has 4 aromatic carbocycles. The SMILES string of the molecule is C=CCOc1cc(F)c(-c2ccc3c(F)c(CCc4ccc(OC(F)(F)F)cc4)ccc3c2)c(F)c1. The summed E-state index contributed by atoms with van der Waals surface area (Å²) in [7, 11) is 0. The third-order valence-corrected chi connectivity index (χ3v) is 5.55. The van der Waals surface area contributed by atoms with Gasteiger partial charge in [-0.2, -0.15) is 0 Å². The summed E-state index contributed by atoms with van der Waals surface area (Å²) in [5.41, 5.74) is 1.13. The fraction of sp³-hybridized carbons (Fsp3) is 0.143. The minimum Gasteiger partial charge on any atom is -0.489 e. The first kappa shape index (κ1) is 25.2. The number of hydrogen-bond acceptors (Lipinski definition) is 2. The van der Waals surface area contributed by atoms with E-state index in [-0.39, 0.29) is 34.6 Å². The average Bonchev–Trinajstić information content (AvgIpc) is 2.82. The Kier molecular flexibility index (Phi) is 7.24. The van der Waals surface area contributed by atoms with Crippen molar-refractivity contribution in [1.29, 1.82) is 0 Å². The van der Waals surface area contributed by atoms with Crippen LogP contribution in [0.1, 0.15) is 11.1 Å². The van der Waals surface area contributed by atoms with Crippen LogP contribution < -0.4 is 9.47 Å². The molecule has 186 valence electrons. The van der Waals surface area contributed by atoms with Crippen LogP contribution in [-0.2, 0) is 12.8 Å². The predicted octanol–water partition coefficient (Wildman–Crippen LogP) is 8.17. The highest BCUT2D eigenvalue weighted by Crippen LogP contribution is 2.33. The molecule has 8 heteroatoms. The van der Waals surface area contributed by atoms with Crippen molar-refractivity contribution in [2.45, 2.75) is 19.2 Å². The van der Waals surface area contributed by atoms with Gasteiger partial charge in [0.25, 0.3) is 0 Å². The molecule has 0 saturated carbocycles. The van der Waals surface area contributed by atoms with Gasteiger partial charge in [0, 0.05) is 17.5 Å². The van der Waals surface area contributed by atoms with Crippen molar-refractivity contribution < 1.29 is 35.8 Å². The number of rotatable bonds is 8. The molecule has 4 rings (SSSR count). The molecule has 4 aromatic rings. The number of fused-ring (bicyclic) bond motifs is 1. The van der Waals surface area contributed by atoms with E-state index in [2.05, 4.69) is 11.3 Å². The van der Waals surface area contributed by atoms with E-state index in [0.717, 1.165) is 12.1 Å². The van der Waals surface area contributed by atoms with Crippen molar-refractivity contribution in [3.05, 3.63) is 108 Å². The summed E-state index contributed by atoms with van der Waals surface area (Å²) in [6, 6.07) is 15.2. The van der Waals surface area contributed by atoms with E-state index in [1.165, 1.54) is 48.5 Å². The van der Waals surface area contributed by atoms with Crippen LogP contribution in [0, 0.1) is 17.5 Å². The number of aryl methyl sites for hydroxylation is 2. The van der Waals surface area contributed by atoms with Crippen LogP contribution >= 0.6 is 0 Å². The van der Waals surface area contributed by atoms with Crippen molar-refractivity contribution in [1.82, 2.24) is 0 Å². The van der Waals surface area contributed by atoms with Crippen molar-refractivity contribution >= 4 is 10.8 Å². The first-order valence-electron chi connectivity index (χ1n) is 10.9. The Labute approximate surface area is 203 Å². The lowest BCUT2D eigenvalue weighted by molar-refractivity contribution is -0.274. The van der Waals surface area contributed by atoms with Crippen LogP contribution in [0.2, 0.25) is 0 Å². The van der Waals surface area contributed by atoms with Crippen LogP contribution in [0.25, 0.3) is 21.9 Å². The highest BCUT2D eigenvalue weighted by atomic mass is 19.4. The van der Waals surface area contributed by atoms with E-state index in [1.807, 2.05) is 0 Å². The number of halogens is 6. The van der Waals surface area contributed by atoms with Crippen molar-refractivity contribution in [2.24, 2.45) is 0 Å². The standard InChI is InChI=1S/C28H20F6O2/c1-2-13-35-22-15-24(29)26(25(30)16-22)20-9-12-23-19(14-20)8-7-18(27(23)31)6-3-17-4-10-21(11-5-17)36-28(32,33)34/h2,4-5,7-12,14-16H,1,3,6,13H2. The topological polar surface area (TPSA) is 18.5 Å². The fourth-order valence-electron chi connectivity index (χ4n) is 3.89. The van der Waals surface area contributed by atoms with Gasteiger partial charge in [0.1, 0.15) is 35.6 Å². The molecule has 0 bridgehead atoms. The molecule has 0 spiro atoms. The molecule has 0 radical (unpaired) electrons. The molecule has 0 aliphatic carbocycles. The first-order valence-corrected chi connectivity index (χ1v) is 10.9. The van der Waals surface area contributed by atoms with Crippen LogP contribution in [0.3, 0.4) is 0 Å². The van der Waals surface area contributed by atoms with E-state index in [4.69, 9.17) is 4.74 Å². The highest BCUT2D eigenvalue weighted by molar-refractivity contribution is 5.88. The zero-order chi connectivity index (χ0) is 25.9. The average molecular weight is 502 g/mol. The van der Waals surface area contributed by atoms with Gasteiger partial charge in [0.15, 0.2) is 0 Å². The minimum atomic E-state index is -4.77. The molecule has 0 atom stereocenters. The second-order valence-electron chi connectivity index (χ2n) is 8.03. The van der Waals surface area contributed by atoms with Gasteiger partial charge in [-0.25, -0.2) is 13.2 Å². The van der Waals surface area contributed by atoms with Gasteiger partial charge in [-0.15, -0.1) is 13.2 Å². The van der Waals surface area contributed by atoms with E-state index in [9.17, 15) is 22.0 Å². The van der Waals surface area contributed by atoms with Gasteiger partial charge in [-0.1, -0.05) is 49.1 Å². The molecule has 36 heavy (non-hydrogen) atoms. The van der Waals surface area contributed by atoms with Gasteiger partial charge in [0.05, 0.1) is 5.56 Å². The summed E-state index contributed by atoms with van der Waals surface area (Å²) >= 11 is 0. The summed E-state index contributed by atoms with van der Waals surface area (Å²) in [5.74, 6) is -2.38. The van der Waals surface area contributed by atoms with Crippen LogP contribution in [-0.4, -0.2) is 13.0 Å². The first-order chi connectivity index (χ1) is 17.1. The van der Waals surface area contributed by atoms with Crippen LogP contribution in [0.4, 0.5) is 26.3 Å². The summed E-state index contributed by atoms with van der Waals surface area (Å²) in [6.07, 6.45) is -2.61. The Hall–Kier alpha value is -3.94. The Morgan fingerprint density at radius 1 is 0.778 bits per heavy atom. The van der Waals surface area contributed by atoms with Crippen molar-refractivity contribution in [3.8, 4) is 22.6 Å². The van der Waals surface area contributed by atoms with Crippen LogP contribution in [0.5, 0.6) is 11.5 Å². The minimum absolute atomic E-state index is 0.0349. The molecule has 0 saturated heterocycles. The maximum atomic E-state index is 15.2. The third kappa shape index (κ3) is 5.82. The maximum absolute atomic E-state index is 15.2. The summed E-state index contributed by atoms with van der Waals surface area (Å²) < 4.78 is 90.4. The Morgan fingerprint density at radius 3 is 2.11 bits per heavy atom. The summed E-state index contributed by atoms with van der Waals surface area (Å²) in [5, 5.41) is 0.755. The Balaban J connectivity index is 1.53. The van der Waals surface area contributed by atoms with E-state index in [1.54, 1.807) is 12.1 Å². The molecule has 0 fully saturated rings. The van der Waals surface area contributed by atoms with E-state index < -0.39 is 23.8 Å². The summed E-state index contributed by atoms with van der Waals surface area (Å²) in [4.78, 5) is 0. The smallest absolute Gasteiger partial charge is 0.489 e. The molecule has 0 aliphatic rings. The fourth-order valence-corrected chi connectivity index (χ4v) is 3.89. The van der Waals surface area contributed by atoms with Gasteiger partial charge in [-0.3, -0.25) is 0 Å². The zero-order valence-electron chi connectivity index (χ0n) is 18.8. The molecule has 0 heterocycles. The zero-order valence-corrected chi connectivity index (χ0v) is 18.8. The second kappa shape index (κ2) is 10.4. The summed E-state index contributed by atoms with van der Waals surface area (Å²) in [6.45, 7) is 3.59. The molecular weight excluding hydrogens is 482 g/mol.